The summed E-state index contributed by atoms with van der Waals surface area (Å²) in [4.78, 5) is 23.8. The van der Waals surface area contributed by atoms with E-state index in [0.717, 1.165) is 0 Å². The molecular formula is C13H30N4O6+2. The zero-order valence-corrected chi connectivity index (χ0v) is 14.4. The third kappa shape index (κ3) is 8.21. The van der Waals surface area contributed by atoms with Crippen molar-refractivity contribution in [3.05, 3.63) is 0 Å². The molecule has 0 aliphatic carbocycles. The van der Waals surface area contributed by atoms with Gasteiger partial charge in [0.05, 0.1) is 34.8 Å². The maximum atomic E-state index is 11.9. The number of nitrogens with zero attached hydrogens (tertiary/aromatic N) is 2. The second-order valence-electron chi connectivity index (χ2n) is 6.69. The van der Waals surface area contributed by atoms with Crippen LogP contribution in [0.5, 0.6) is 0 Å². The van der Waals surface area contributed by atoms with E-state index in [-0.39, 0.29) is 28.9 Å². The van der Waals surface area contributed by atoms with Gasteiger partial charge < -0.3 is 20.4 Å². The molecule has 0 aromatic carbocycles. The highest BCUT2D eigenvalue weighted by molar-refractivity contribution is 5.89. The fourth-order valence-electron chi connectivity index (χ4n) is 2.03. The van der Waals surface area contributed by atoms with Gasteiger partial charge in [-0.25, -0.2) is 9.18 Å². The summed E-state index contributed by atoms with van der Waals surface area (Å²) < 4.78 is -0.252. The number of aliphatic hydroxyl groups excluding tert-OH is 4. The minimum Gasteiger partial charge on any atom is -0.390 e. The van der Waals surface area contributed by atoms with Gasteiger partial charge in [-0.3, -0.25) is 9.59 Å². The third-order valence-corrected chi connectivity index (χ3v) is 3.04. The number of likely N-dealkylation sites (N-methyl/N-ethyl adjacent to an activating group) is 2. The van der Waals surface area contributed by atoms with Crippen LogP contribution in [0.4, 0.5) is 0 Å². The number of hydrogen-bond donors (Lipinski definition) is 6. The first kappa shape index (κ1) is 21.7. The molecule has 0 heterocycles. The highest BCUT2D eigenvalue weighted by Gasteiger charge is 2.36. The number of carbonyl (C=O) groups is 2. The van der Waals surface area contributed by atoms with Crippen molar-refractivity contribution >= 4 is 11.8 Å². The molecule has 1 unspecified atom stereocenters. The van der Waals surface area contributed by atoms with Gasteiger partial charge in [0.25, 0.3) is 11.8 Å². The van der Waals surface area contributed by atoms with Gasteiger partial charge in [0.2, 0.25) is 0 Å². The van der Waals surface area contributed by atoms with E-state index in [1.165, 1.54) is 0 Å². The molecule has 0 fully saturated rings. The van der Waals surface area contributed by atoms with Gasteiger partial charge in [0.1, 0.15) is 19.2 Å². The van der Waals surface area contributed by atoms with E-state index < -0.39 is 30.1 Å². The van der Waals surface area contributed by atoms with E-state index in [4.69, 9.17) is 5.11 Å². The summed E-state index contributed by atoms with van der Waals surface area (Å²) in [5.74, 6) is -1.88. The molecule has 136 valence electrons. The second kappa shape index (κ2) is 8.52. The molecule has 0 saturated heterocycles. The van der Waals surface area contributed by atoms with Crippen molar-refractivity contribution in [1.82, 2.24) is 10.9 Å². The molecular weight excluding hydrogens is 308 g/mol. The molecule has 0 bridgehead atoms. The van der Waals surface area contributed by atoms with Gasteiger partial charge in [-0.1, -0.05) is 0 Å². The molecule has 3 atom stereocenters. The van der Waals surface area contributed by atoms with Crippen LogP contribution in [0.15, 0.2) is 0 Å². The van der Waals surface area contributed by atoms with Crippen LogP contribution in [0.25, 0.3) is 0 Å². The number of nitrogens with one attached hydrogen (secondary N) is 2. The minimum atomic E-state index is -1.96. The number of carbonyl (C=O) groups excluding carboxylic acids is 2. The van der Waals surface area contributed by atoms with Crippen LogP contribution in [-0.2, 0) is 9.59 Å². The lowest BCUT2D eigenvalue weighted by Crippen LogP contribution is -2.63. The molecule has 0 aliphatic heterocycles. The molecule has 0 saturated carbocycles. The van der Waals surface area contributed by atoms with E-state index in [1.54, 1.807) is 35.1 Å². The number of hydrogen-bond acceptors (Lipinski definition) is 6. The Morgan fingerprint density at radius 2 is 1.30 bits per heavy atom. The monoisotopic (exact) mass is 338 g/mol. The van der Waals surface area contributed by atoms with Crippen molar-refractivity contribution in [3.63, 3.8) is 0 Å². The standard InChI is InChI=1S/C13H28N4O6/c1-9(19)8-17(4,5)15-13(23)11(21)10(20)12(22)14-16(2,3)6-7-18/h9-11,18-21H,6-8H2,1-5H3/p+2/t9?,10-,11-/m0/s1. The highest BCUT2D eigenvalue weighted by atomic mass is 16.3. The SMILES string of the molecule is CC(O)C[N+](C)(C)NC(=O)[C@@H](O)[C@H](O)C(=O)N[N+](C)(C)CCO. The van der Waals surface area contributed by atoms with E-state index in [2.05, 4.69) is 10.9 Å². The number of amides is 2. The quantitative estimate of drug-likeness (QED) is 0.189. The Morgan fingerprint density at radius 1 is 0.913 bits per heavy atom. The molecule has 0 spiro atoms. The molecule has 10 nitrogen and oxygen atoms in total. The first-order chi connectivity index (χ1) is 10.3. The summed E-state index contributed by atoms with van der Waals surface area (Å²) in [7, 11) is 6.34. The molecule has 0 radical (unpaired) electrons. The van der Waals surface area contributed by atoms with Gasteiger partial charge >= 0.3 is 0 Å². The Labute approximate surface area is 136 Å². The van der Waals surface area contributed by atoms with Crippen molar-refractivity contribution in [2.75, 3.05) is 47.9 Å². The lowest BCUT2D eigenvalue weighted by molar-refractivity contribution is -0.928. The molecule has 23 heavy (non-hydrogen) atoms. The zero-order valence-electron chi connectivity index (χ0n) is 14.4. The van der Waals surface area contributed by atoms with Crippen molar-refractivity contribution in [2.24, 2.45) is 0 Å². The Kier molecular flexibility index (Phi) is 8.04. The molecule has 2 amide bonds. The molecule has 0 rings (SSSR count). The van der Waals surface area contributed by atoms with Gasteiger partial charge in [-0.05, 0) is 6.92 Å². The maximum absolute atomic E-state index is 11.9. The topological polar surface area (TPSA) is 139 Å². The number of rotatable bonds is 9. The molecule has 0 aromatic heterocycles. The van der Waals surface area contributed by atoms with E-state index in [9.17, 15) is 24.9 Å². The van der Waals surface area contributed by atoms with Crippen LogP contribution in [0.2, 0.25) is 0 Å². The van der Waals surface area contributed by atoms with Crippen LogP contribution in [0.3, 0.4) is 0 Å². The van der Waals surface area contributed by atoms with Crippen molar-refractivity contribution < 1.29 is 39.2 Å². The predicted octanol–water partition coefficient (Wildman–Crippen LogP) is -3.70. The molecule has 10 heteroatoms. The van der Waals surface area contributed by atoms with Crippen molar-refractivity contribution in [3.8, 4) is 0 Å². The van der Waals surface area contributed by atoms with E-state index in [0.29, 0.717) is 0 Å². The molecule has 0 aliphatic rings. The average Bonchev–Trinajstić information content (AvgIpc) is 2.33. The largest absolute Gasteiger partial charge is 0.390 e. The summed E-state index contributed by atoms with van der Waals surface area (Å²) >= 11 is 0. The van der Waals surface area contributed by atoms with Crippen molar-refractivity contribution in [2.45, 2.75) is 25.2 Å². The van der Waals surface area contributed by atoms with Crippen LogP contribution in [-0.4, -0.2) is 108 Å². The lowest BCUT2D eigenvalue weighted by atomic mass is 10.2. The smallest absolute Gasteiger partial charge is 0.297 e. The summed E-state index contributed by atoms with van der Waals surface area (Å²) in [5, 5.41) is 37.9. The van der Waals surface area contributed by atoms with Crippen LogP contribution in [0, 0.1) is 0 Å². The summed E-state index contributed by atoms with van der Waals surface area (Å²) in [6, 6.07) is 0. The minimum absolute atomic E-state index is 0.121. The zero-order chi connectivity index (χ0) is 18.4. The van der Waals surface area contributed by atoms with Crippen LogP contribution >= 0.6 is 0 Å². The van der Waals surface area contributed by atoms with Gasteiger partial charge in [0, 0.05) is 0 Å². The summed E-state index contributed by atoms with van der Waals surface area (Å²) in [5.41, 5.74) is 4.81. The summed E-state index contributed by atoms with van der Waals surface area (Å²) in [6.07, 6.45) is -4.61. The summed E-state index contributed by atoms with van der Waals surface area (Å²) in [6.45, 7) is 1.74. The van der Waals surface area contributed by atoms with Gasteiger partial charge in [0.15, 0.2) is 12.2 Å². The first-order valence-electron chi connectivity index (χ1n) is 7.26. The Balaban J connectivity index is 4.72. The number of aliphatic hydroxyl groups is 4. The second-order valence-corrected chi connectivity index (χ2v) is 6.69. The lowest BCUT2D eigenvalue weighted by Gasteiger charge is -2.32. The Hall–Kier alpha value is -1.30. The fraction of sp³-hybridized carbons (Fsp3) is 0.846. The molecule has 6 N–H and O–H groups in total. The van der Waals surface area contributed by atoms with E-state index in [1.807, 2.05) is 0 Å². The fourth-order valence-corrected chi connectivity index (χ4v) is 2.03. The normalized spacial score (nSPS) is 16.4. The van der Waals surface area contributed by atoms with Crippen molar-refractivity contribution in [1.29, 1.82) is 0 Å². The highest BCUT2D eigenvalue weighted by Crippen LogP contribution is 2.01. The van der Waals surface area contributed by atoms with Gasteiger partial charge in [-0.2, -0.15) is 10.9 Å². The van der Waals surface area contributed by atoms with Crippen LogP contribution in [0.1, 0.15) is 6.92 Å². The Bertz CT molecular complexity index is 413. The average molecular weight is 338 g/mol. The first-order valence-corrected chi connectivity index (χ1v) is 7.26. The third-order valence-electron chi connectivity index (χ3n) is 3.04. The van der Waals surface area contributed by atoms with Gasteiger partial charge in [-0.15, -0.1) is 0 Å². The maximum Gasteiger partial charge on any atom is 0.297 e. The van der Waals surface area contributed by atoms with E-state index >= 15 is 0 Å². The predicted molar refractivity (Wildman–Crippen MR) is 81.0 cm³/mol. The van der Waals surface area contributed by atoms with Crippen LogP contribution < -0.4 is 10.9 Å². The molecule has 0 aromatic rings. The number of quaternary nitrogens is 2. The Morgan fingerprint density at radius 3 is 1.65 bits per heavy atom.